The number of carbonyl (C=O) groups excluding carboxylic acids is 1. The molecule has 1 aliphatic rings. The van der Waals surface area contributed by atoms with Crippen LogP contribution in [0.25, 0.3) is 0 Å². The fraction of sp³-hybridized carbons (Fsp3) is 0.188. The van der Waals surface area contributed by atoms with Gasteiger partial charge in [0.05, 0.1) is 11.0 Å². The lowest BCUT2D eigenvalue weighted by molar-refractivity contribution is -0.384. The number of thioether (sulfide) groups is 1. The number of nitro groups is 1. The summed E-state index contributed by atoms with van der Waals surface area (Å²) in [4.78, 5) is 23.3. The highest BCUT2D eigenvalue weighted by atomic mass is 32.2. The molecule has 2 aromatic carbocycles. The fourth-order valence-corrected chi connectivity index (χ4v) is 3.64. The second-order valence-corrected chi connectivity index (χ2v) is 6.41. The Morgan fingerprint density at radius 3 is 2.92 bits per heavy atom. The van der Waals surface area contributed by atoms with Crippen molar-refractivity contribution in [2.45, 2.75) is 17.4 Å². The van der Waals surface area contributed by atoms with Crippen LogP contribution in [0.1, 0.15) is 18.0 Å². The molecule has 6 nitrogen and oxygen atoms in total. The molecular weight excluding hydrogens is 333 g/mol. The van der Waals surface area contributed by atoms with Crippen molar-refractivity contribution in [2.75, 3.05) is 11.1 Å². The predicted octanol–water partition coefficient (Wildman–Crippen LogP) is 4.09. The number of fused-ring (bicyclic) bond motifs is 1. The Labute approximate surface area is 141 Å². The molecule has 1 aliphatic heterocycles. The number of nitrogens with one attached hydrogen (secondary N) is 2. The second-order valence-electron chi connectivity index (χ2n) is 5.28. The Morgan fingerprint density at radius 1 is 1.29 bits per heavy atom. The summed E-state index contributed by atoms with van der Waals surface area (Å²) in [5, 5.41) is 16.1. The highest BCUT2D eigenvalue weighted by Gasteiger charge is 2.23. The molecule has 0 unspecified atom stereocenters. The summed E-state index contributed by atoms with van der Waals surface area (Å²) in [5.41, 5.74) is 0.973. The van der Waals surface area contributed by atoms with Gasteiger partial charge in [-0.2, -0.15) is 0 Å². The quantitative estimate of drug-likeness (QED) is 0.647. The Bertz CT molecular complexity index is 800. The first kappa shape index (κ1) is 16.3. The lowest BCUT2D eigenvalue weighted by Crippen LogP contribution is -2.34. The van der Waals surface area contributed by atoms with E-state index in [1.807, 2.05) is 0 Å². The normalized spacial score (nSPS) is 16.1. The molecule has 124 valence electrons. The molecule has 0 fully saturated rings. The van der Waals surface area contributed by atoms with Gasteiger partial charge in [0.15, 0.2) is 0 Å². The summed E-state index contributed by atoms with van der Waals surface area (Å²) in [5.74, 6) is 0.475. The van der Waals surface area contributed by atoms with Gasteiger partial charge in [-0.15, -0.1) is 11.8 Å². The smallest absolute Gasteiger partial charge is 0.319 e. The SMILES string of the molecule is O=C(Nc1cccc([N+](=O)[O-])c1)N[C@@H]1CCSc2ccc(F)cc21. The van der Waals surface area contributed by atoms with Crippen LogP contribution in [-0.4, -0.2) is 16.7 Å². The van der Waals surface area contributed by atoms with Crippen molar-refractivity contribution in [1.82, 2.24) is 5.32 Å². The molecule has 2 aromatic rings. The molecule has 0 aliphatic carbocycles. The van der Waals surface area contributed by atoms with Crippen molar-refractivity contribution >= 4 is 29.2 Å². The van der Waals surface area contributed by atoms with Gasteiger partial charge >= 0.3 is 6.03 Å². The van der Waals surface area contributed by atoms with Crippen LogP contribution >= 0.6 is 11.8 Å². The molecule has 3 rings (SSSR count). The van der Waals surface area contributed by atoms with Gasteiger partial charge in [0.2, 0.25) is 0 Å². The summed E-state index contributed by atoms with van der Waals surface area (Å²) in [7, 11) is 0. The number of amides is 2. The van der Waals surface area contributed by atoms with E-state index in [1.165, 1.54) is 30.3 Å². The van der Waals surface area contributed by atoms with E-state index in [0.29, 0.717) is 12.1 Å². The van der Waals surface area contributed by atoms with Gasteiger partial charge in [-0.05, 0) is 36.2 Å². The minimum absolute atomic E-state index is 0.103. The van der Waals surface area contributed by atoms with Crippen LogP contribution in [0.3, 0.4) is 0 Å². The minimum Gasteiger partial charge on any atom is -0.331 e. The average Bonchev–Trinajstić information content (AvgIpc) is 2.55. The Morgan fingerprint density at radius 2 is 2.12 bits per heavy atom. The summed E-state index contributed by atoms with van der Waals surface area (Å²) in [6.07, 6.45) is 0.684. The van der Waals surface area contributed by atoms with Gasteiger partial charge in [-0.25, -0.2) is 9.18 Å². The number of halogens is 1. The maximum absolute atomic E-state index is 13.5. The van der Waals surface area contributed by atoms with Crippen molar-refractivity contribution in [2.24, 2.45) is 0 Å². The van der Waals surface area contributed by atoms with Crippen LogP contribution in [0.15, 0.2) is 47.4 Å². The third kappa shape index (κ3) is 3.65. The molecule has 2 N–H and O–H groups in total. The molecule has 1 heterocycles. The topological polar surface area (TPSA) is 84.3 Å². The highest BCUT2D eigenvalue weighted by molar-refractivity contribution is 7.99. The van der Waals surface area contributed by atoms with Crippen LogP contribution in [0.5, 0.6) is 0 Å². The van der Waals surface area contributed by atoms with E-state index >= 15 is 0 Å². The standard InChI is InChI=1S/C16H14FN3O3S/c17-10-4-5-15-13(8-10)14(6-7-24-15)19-16(21)18-11-2-1-3-12(9-11)20(22)23/h1-5,8-9,14H,6-7H2,(H2,18,19,21)/t14-/m1/s1. The maximum Gasteiger partial charge on any atom is 0.319 e. The van der Waals surface area contributed by atoms with Crippen LogP contribution < -0.4 is 10.6 Å². The molecular formula is C16H14FN3O3S. The molecule has 0 radical (unpaired) electrons. The van der Waals surface area contributed by atoms with Crippen LogP contribution in [0.4, 0.5) is 20.6 Å². The van der Waals surface area contributed by atoms with Gasteiger partial charge in [0, 0.05) is 28.5 Å². The van der Waals surface area contributed by atoms with Crippen LogP contribution in [0, 0.1) is 15.9 Å². The van der Waals surface area contributed by atoms with Crippen LogP contribution in [-0.2, 0) is 0 Å². The van der Waals surface area contributed by atoms with Gasteiger partial charge < -0.3 is 10.6 Å². The summed E-state index contributed by atoms with van der Waals surface area (Å²) < 4.78 is 13.5. The van der Waals surface area contributed by atoms with Gasteiger partial charge in [-0.1, -0.05) is 6.07 Å². The molecule has 24 heavy (non-hydrogen) atoms. The summed E-state index contributed by atoms with van der Waals surface area (Å²) in [6, 6.07) is 9.45. The number of non-ortho nitro benzene ring substituents is 1. The second kappa shape index (κ2) is 6.88. The van der Waals surface area contributed by atoms with Crippen molar-refractivity contribution in [3.8, 4) is 0 Å². The third-order valence-electron chi connectivity index (χ3n) is 3.63. The molecule has 2 amide bonds. The average molecular weight is 347 g/mol. The minimum atomic E-state index is -0.527. The first-order valence-corrected chi connectivity index (χ1v) is 8.26. The number of anilines is 1. The zero-order valence-electron chi connectivity index (χ0n) is 12.5. The lowest BCUT2D eigenvalue weighted by atomic mass is 10.0. The Balaban J connectivity index is 1.71. The molecule has 0 aromatic heterocycles. The monoisotopic (exact) mass is 347 g/mol. The number of urea groups is 1. The van der Waals surface area contributed by atoms with E-state index in [-0.39, 0.29) is 17.5 Å². The molecule has 0 saturated heterocycles. The first-order chi connectivity index (χ1) is 11.5. The van der Waals surface area contributed by atoms with E-state index in [9.17, 15) is 19.3 Å². The summed E-state index contributed by atoms with van der Waals surface area (Å²) in [6.45, 7) is 0. The number of nitrogens with zero attached hydrogens (tertiary/aromatic N) is 1. The van der Waals surface area contributed by atoms with Gasteiger partial charge in [0.1, 0.15) is 5.82 Å². The number of nitro benzene ring substituents is 1. The first-order valence-electron chi connectivity index (χ1n) is 7.27. The number of benzene rings is 2. The van der Waals surface area contributed by atoms with E-state index in [0.717, 1.165) is 16.2 Å². The highest BCUT2D eigenvalue weighted by Crippen LogP contribution is 2.36. The Hall–Kier alpha value is -2.61. The number of hydrogen-bond acceptors (Lipinski definition) is 4. The molecule has 0 spiro atoms. The molecule has 0 saturated carbocycles. The number of carbonyl (C=O) groups is 1. The van der Waals surface area contributed by atoms with E-state index in [1.54, 1.807) is 23.9 Å². The molecule has 1 atom stereocenters. The van der Waals surface area contributed by atoms with Crippen LogP contribution in [0.2, 0.25) is 0 Å². The van der Waals surface area contributed by atoms with Gasteiger partial charge in [0.25, 0.3) is 5.69 Å². The zero-order chi connectivity index (χ0) is 17.1. The van der Waals surface area contributed by atoms with Crippen molar-refractivity contribution in [3.05, 3.63) is 64.0 Å². The predicted molar refractivity (Wildman–Crippen MR) is 89.7 cm³/mol. The number of hydrogen-bond donors (Lipinski definition) is 2. The zero-order valence-corrected chi connectivity index (χ0v) is 13.3. The third-order valence-corrected chi connectivity index (χ3v) is 4.75. The van der Waals surface area contributed by atoms with Crippen molar-refractivity contribution in [3.63, 3.8) is 0 Å². The maximum atomic E-state index is 13.5. The van der Waals surface area contributed by atoms with Crippen molar-refractivity contribution in [1.29, 1.82) is 0 Å². The Kier molecular flexibility index (Phi) is 4.66. The summed E-state index contributed by atoms with van der Waals surface area (Å²) >= 11 is 1.62. The largest absolute Gasteiger partial charge is 0.331 e. The van der Waals surface area contributed by atoms with Gasteiger partial charge in [-0.3, -0.25) is 10.1 Å². The molecule has 8 heteroatoms. The number of rotatable bonds is 3. The molecule has 0 bridgehead atoms. The van der Waals surface area contributed by atoms with E-state index < -0.39 is 11.0 Å². The lowest BCUT2D eigenvalue weighted by Gasteiger charge is -2.26. The van der Waals surface area contributed by atoms with E-state index in [4.69, 9.17) is 0 Å². The fourth-order valence-electron chi connectivity index (χ4n) is 2.54. The van der Waals surface area contributed by atoms with Crippen molar-refractivity contribution < 1.29 is 14.1 Å². The van der Waals surface area contributed by atoms with E-state index in [2.05, 4.69) is 10.6 Å².